The third kappa shape index (κ3) is 13.8. The third-order valence-electron chi connectivity index (χ3n) is 4.84. The molecule has 198 valence electrons. The van der Waals surface area contributed by atoms with Crippen molar-refractivity contribution in [3.8, 4) is 0 Å². The van der Waals surface area contributed by atoms with Gasteiger partial charge in [-0.05, 0) is 11.8 Å². The first-order valence-electron chi connectivity index (χ1n) is 11.5. The minimum atomic E-state index is -1.02. The molecular weight excluding hydrogens is 452 g/mol. The van der Waals surface area contributed by atoms with E-state index in [0.29, 0.717) is 52.6 Å². The monoisotopic (exact) mass is 492 g/mol. The van der Waals surface area contributed by atoms with Crippen LogP contribution in [0.5, 0.6) is 0 Å². The summed E-state index contributed by atoms with van der Waals surface area (Å²) >= 11 is 0. The minimum Gasteiger partial charge on any atom is -0.480 e. The van der Waals surface area contributed by atoms with Gasteiger partial charge in [-0.15, -0.1) is 0 Å². The molecule has 2 amide bonds. The molecule has 1 aliphatic heterocycles. The van der Waals surface area contributed by atoms with Crippen molar-refractivity contribution < 1.29 is 48.3 Å². The molecule has 0 radical (unpaired) electrons. The molecule has 34 heavy (non-hydrogen) atoms. The number of amides is 2. The Morgan fingerprint density at radius 2 is 1.35 bits per heavy atom. The van der Waals surface area contributed by atoms with E-state index in [1.54, 1.807) is 4.90 Å². The lowest BCUT2D eigenvalue weighted by Crippen LogP contribution is -2.55. The molecule has 0 aromatic rings. The van der Waals surface area contributed by atoms with Crippen LogP contribution in [0.1, 0.15) is 27.2 Å². The lowest BCUT2D eigenvalue weighted by molar-refractivity contribution is -0.142. The van der Waals surface area contributed by atoms with Gasteiger partial charge in [0.05, 0.1) is 59.0 Å². The fraction of sp³-hybridized carbons (Fsp3) is 0.864. The van der Waals surface area contributed by atoms with Gasteiger partial charge >= 0.3 is 5.97 Å². The van der Waals surface area contributed by atoms with Crippen molar-refractivity contribution in [2.75, 3.05) is 79.2 Å². The van der Waals surface area contributed by atoms with Crippen molar-refractivity contribution >= 4 is 17.8 Å². The number of aliphatic carboxylic acids is 1. The first-order chi connectivity index (χ1) is 16.1. The van der Waals surface area contributed by atoms with Crippen LogP contribution in [-0.4, -0.2) is 124 Å². The predicted octanol–water partition coefficient (Wildman–Crippen LogP) is -0.722. The average Bonchev–Trinajstić information content (AvgIpc) is 3.19. The topological polar surface area (TPSA) is 153 Å². The molecule has 12 heteroatoms. The average molecular weight is 493 g/mol. The number of aliphatic hydroxyl groups excluding tert-OH is 1. The molecule has 1 fully saturated rings. The van der Waals surface area contributed by atoms with Crippen LogP contribution in [0, 0.1) is 5.41 Å². The molecule has 3 N–H and O–H groups in total. The van der Waals surface area contributed by atoms with Gasteiger partial charge in [0.2, 0.25) is 11.8 Å². The summed E-state index contributed by atoms with van der Waals surface area (Å²) in [6, 6.07) is -0.705. The Bertz CT molecular complexity index is 611. The van der Waals surface area contributed by atoms with Gasteiger partial charge < -0.3 is 44.1 Å². The number of aliphatic hydroxyl groups is 1. The number of carbonyl (C=O) groups excluding carboxylic acids is 2. The van der Waals surface area contributed by atoms with Crippen molar-refractivity contribution in [1.29, 1.82) is 0 Å². The number of ether oxygens (including phenoxy) is 5. The maximum atomic E-state index is 12.8. The van der Waals surface area contributed by atoms with Crippen molar-refractivity contribution in [1.82, 2.24) is 10.2 Å². The summed E-state index contributed by atoms with van der Waals surface area (Å²) < 4.78 is 26.1. The molecule has 1 saturated heterocycles. The van der Waals surface area contributed by atoms with Gasteiger partial charge in [-0.2, -0.15) is 0 Å². The second-order valence-corrected chi connectivity index (χ2v) is 8.93. The van der Waals surface area contributed by atoms with Crippen LogP contribution in [0.3, 0.4) is 0 Å². The molecule has 0 bridgehead atoms. The van der Waals surface area contributed by atoms with Crippen molar-refractivity contribution in [2.24, 2.45) is 5.41 Å². The van der Waals surface area contributed by atoms with E-state index < -0.39 is 23.5 Å². The highest BCUT2D eigenvalue weighted by atomic mass is 16.6. The van der Waals surface area contributed by atoms with E-state index >= 15 is 0 Å². The highest BCUT2D eigenvalue weighted by molar-refractivity contribution is 5.89. The maximum absolute atomic E-state index is 12.8. The molecule has 0 aliphatic carbocycles. The summed E-state index contributed by atoms with van der Waals surface area (Å²) in [5.41, 5.74) is -0.484. The second kappa shape index (κ2) is 16.7. The maximum Gasteiger partial charge on any atom is 0.329 e. The van der Waals surface area contributed by atoms with Crippen LogP contribution in [-0.2, 0) is 38.1 Å². The van der Waals surface area contributed by atoms with Gasteiger partial charge in [-0.25, -0.2) is 4.79 Å². The van der Waals surface area contributed by atoms with Gasteiger partial charge in [0.1, 0.15) is 19.3 Å². The van der Waals surface area contributed by atoms with Crippen LogP contribution >= 0.6 is 0 Å². The van der Waals surface area contributed by atoms with Gasteiger partial charge in [-0.1, -0.05) is 20.8 Å². The third-order valence-corrected chi connectivity index (χ3v) is 4.84. The first-order valence-corrected chi connectivity index (χ1v) is 11.5. The molecule has 1 heterocycles. The summed E-state index contributed by atoms with van der Waals surface area (Å²) in [7, 11) is 0. The number of β-amino-alcohol motifs (C(OH)–C–C–N with tert-alkyl or cyclic N) is 1. The van der Waals surface area contributed by atoms with E-state index in [1.165, 1.54) is 0 Å². The van der Waals surface area contributed by atoms with Crippen molar-refractivity contribution in [2.45, 2.75) is 39.3 Å². The van der Waals surface area contributed by atoms with Crippen LogP contribution in [0.4, 0.5) is 0 Å². The molecule has 0 aromatic carbocycles. The van der Waals surface area contributed by atoms with Gasteiger partial charge in [0, 0.05) is 13.1 Å². The highest BCUT2D eigenvalue weighted by Crippen LogP contribution is 2.23. The van der Waals surface area contributed by atoms with E-state index in [2.05, 4.69) is 5.32 Å². The van der Waals surface area contributed by atoms with Crippen LogP contribution in [0.15, 0.2) is 0 Å². The van der Waals surface area contributed by atoms with E-state index in [9.17, 15) is 19.5 Å². The summed E-state index contributed by atoms with van der Waals surface area (Å²) in [5.74, 6) is -1.60. The molecule has 2 atom stereocenters. The van der Waals surface area contributed by atoms with Crippen molar-refractivity contribution in [3.05, 3.63) is 0 Å². The lowest BCUT2D eigenvalue weighted by Gasteiger charge is -2.33. The smallest absolute Gasteiger partial charge is 0.329 e. The van der Waals surface area contributed by atoms with Crippen LogP contribution < -0.4 is 5.32 Å². The standard InChI is InChI=1S/C22H40N2O10/c1-22(2,3)20(21(29)24-5-4-17(25)14-24)23-18(26)15-33-12-10-31-8-6-30-7-9-32-11-13-34-16-19(27)28/h17,20,25H,4-16H2,1-3H3,(H,23,26)(H,27,28)/t17-,20-/m1/s1. The molecule has 0 saturated carbocycles. The number of hydrogen-bond acceptors (Lipinski definition) is 9. The number of carbonyl (C=O) groups is 3. The zero-order valence-electron chi connectivity index (χ0n) is 20.5. The van der Waals surface area contributed by atoms with E-state index in [1.807, 2.05) is 20.8 Å². The quantitative estimate of drug-likeness (QED) is 0.209. The zero-order valence-corrected chi connectivity index (χ0v) is 20.5. The summed E-state index contributed by atoms with van der Waals surface area (Å²) in [6.07, 6.45) is 0.0312. The summed E-state index contributed by atoms with van der Waals surface area (Å²) in [4.78, 5) is 36.9. The molecule has 1 rings (SSSR count). The molecule has 0 aromatic heterocycles. The predicted molar refractivity (Wildman–Crippen MR) is 120 cm³/mol. The highest BCUT2D eigenvalue weighted by Gasteiger charge is 2.37. The Hall–Kier alpha value is -1.83. The number of hydrogen-bond donors (Lipinski definition) is 3. The van der Waals surface area contributed by atoms with E-state index in [0.717, 1.165) is 0 Å². The van der Waals surface area contributed by atoms with Crippen LogP contribution in [0.2, 0.25) is 0 Å². The zero-order chi connectivity index (χ0) is 25.4. The van der Waals surface area contributed by atoms with Gasteiger partial charge in [0.25, 0.3) is 0 Å². The molecule has 12 nitrogen and oxygen atoms in total. The fourth-order valence-electron chi connectivity index (χ4n) is 3.08. The number of nitrogens with one attached hydrogen (secondary N) is 1. The molecular formula is C22H40N2O10. The number of likely N-dealkylation sites (tertiary alicyclic amines) is 1. The first kappa shape index (κ1) is 30.2. The minimum absolute atomic E-state index is 0.185. The second-order valence-electron chi connectivity index (χ2n) is 8.93. The number of carboxylic acids is 1. The fourth-order valence-corrected chi connectivity index (χ4v) is 3.08. The van der Waals surface area contributed by atoms with E-state index in [4.69, 9.17) is 28.8 Å². The van der Waals surface area contributed by atoms with Crippen LogP contribution in [0.25, 0.3) is 0 Å². The number of carboxylic acid groups (broad SMARTS) is 1. The lowest BCUT2D eigenvalue weighted by atomic mass is 9.85. The SMILES string of the molecule is CC(C)(C)[C@H](NC(=O)COCCOCCOCCOCCOCC(=O)O)C(=O)N1CC[C@@H](O)C1. The van der Waals surface area contributed by atoms with Gasteiger partial charge in [-0.3, -0.25) is 9.59 Å². The summed E-state index contributed by atoms with van der Waals surface area (Å²) in [5, 5.41) is 20.8. The normalized spacial score (nSPS) is 17.1. The Kier molecular flexibility index (Phi) is 14.9. The Balaban J connectivity index is 2.04. The largest absolute Gasteiger partial charge is 0.480 e. The molecule has 1 aliphatic rings. The Morgan fingerprint density at radius 1 is 0.882 bits per heavy atom. The Morgan fingerprint density at radius 3 is 1.76 bits per heavy atom. The molecule has 0 spiro atoms. The summed E-state index contributed by atoms with van der Waals surface area (Å²) in [6.45, 7) is 8.38. The van der Waals surface area contributed by atoms with E-state index in [-0.39, 0.29) is 44.8 Å². The number of nitrogens with zero attached hydrogens (tertiary/aromatic N) is 1. The van der Waals surface area contributed by atoms with Crippen molar-refractivity contribution in [3.63, 3.8) is 0 Å². The number of rotatable bonds is 18. The van der Waals surface area contributed by atoms with Gasteiger partial charge in [0.15, 0.2) is 0 Å². The molecule has 0 unspecified atom stereocenters. The Labute approximate surface area is 200 Å².